The summed E-state index contributed by atoms with van der Waals surface area (Å²) in [4.78, 5) is 24.4. The second-order valence-corrected chi connectivity index (χ2v) is 4.87. The Bertz CT molecular complexity index is 464. The number of carbonyl (C=O) groups excluding carboxylic acids is 1. The molecular formula is C14H18N2O3. The SMILES string of the molecule is CN(C(=O)CC1CCNC1)c1ccc(C(=O)O)cc1. The number of nitrogens with zero attached hydrogens (tertiary/aromatic N) is 1. The molecule has 1 atom stereocenters. The zero-order valence-electron chi connectivity index (χ0n) is 10.9. The van der Waals surface area contributed by atoms with Gasteiger partial charge in [0.05, 0.1) is 5.56 Å². The van der Waals surface area contributed by atoms with Crippen LogP contribution in [0.15, 0.2) is 24.3 Å². The lowest BCUT2D eigenvalue weighted by atomic mass is 10.0. The van der Waals surface area contributed by atoms with Crippen LogP contribution in [0.2, 0.25) is 0 Å². The highest BCUT2D eigenvalue weighted by molar-refractivity contribution is 5.94. The lowest BCUT2D eigenvalue weighted by molar-refractivity contribution is -0.119. The van der Waals surface area contributed by atoms with Crippen molar-refractivity contribution in [1.29, 1.82) is 0 Å². The van der Waals surface area contributed by atoms with Crippen LogP contribution in [-0.4, -0.2) is 37.1 Å². The van der Waals surface area contributed by atoms with Crippen molar-refractivity contribution in [3.8, 4) is 0 Å². The number of carboxylic acids is 1. The molecule has 1 fully saturated rings. The molecule has 19 heavy (non-hydrogen) atoms. The molecule has 2 rings (SSSR count). The molecule has 2 N–H and O–H groups in total. The Labute approximate surface area is 112 Å². The maximum absolute atomic E-state index is 12.1. The number of hydrogen-bond donors (Lipinski definition) is 2. The first-order chi connectivity index (χ1) is 9.08. The summed E-state index contributed by atoms with van der Waals surface area (Å²) < 4.78 is 0. The molecule has 1 heterocycles. The van der Waals surface area contributed by atoms with Gasteiger partial charge in [0, 0.05) is 19.2 Å². The van der Waals surface area contributed by atoms with Crippen LogP contribution >= 0.6 is 0 Å². The molecule has 1 saturated heterocycles. The van der Waals surface area contributed by atoms with Gasteiger partial charge in [0.25, 0.3) is 0 Å². The van der Waals surface area contributed by atoms with Gasteiger partial charge in [-0.25, -0.2) is 4.79 Å². The minimum atomic E-state index is -0.961. The molecule has 1 aliphatic heterocycles. The summed E-state index contributed by atoms with van der Waals surface area (Å²) in [6, 6.07) is 6.35. The molecule has 1 amide bonds. The third-order valence-electron chi connectivity index (χ3n) is 3.50. The van der Waals surface area contributed by atoms with E-state index in [1.807, 2.05) is 0 Å². The number of amides is 1. The fraction of sp³-hybridized carbons (Fsp3) is 0.429. The number of hydrogen-bond acceptors (Lipinski definition) is 3. The molecule has 0 aliphatic carbocycles. The third-order valence-corrected chi connectivity index (χ3v) is 3.50. The zero-order valence-corrected chi connectivity index (χ0v) is 10.9. The Hall–Kier alpha value is -1.88. The lowest BCUT2D eigenvalue weighted by Crippen LogP contribution is -2.28. The molecule has 0 aromatic heterocycles. The molecule has 0 saturated carbocycles. The first-order valence-corrected chi connectivity index (χ1v) is 6.38. The summed E-state index contributed by atoms with van der Waals surface area (Å²) in [6.45, 7) is 1.88. The normalized spacial score (nSPS) is 18.3. The first-order valence-electron chi connectivity index (χ1n) is 6.38. The minimum absolute atomic E-state index is 0.0665. The van der Waals surface area contributed by atoms with Gasteiger partial charge < -0.3 is 15.3 Å². The molecule has 102 valence electrons. The second kappa shape index (κ2) is 5.84. The minimum Gasteiger partial charge on any atom is -0.478 e. The molecule has 1 aliphatic rings. The Morgan fingerprint density at radius 2 is 2.05 bits per heavy atom. The Morgan fingerprint density at radius 3 is 2.58 bits per heavy atom. The maximum Gasteiger partial charge on any atom is 0.335 e. The topological polar surface area (TPSA) is 69.6 Å². The van der Waals surface area contributed by atoms with E-state index in [1.54, 1.807) is 24.1 Å². The highest BCUT2D eigenvalue weighted by atomic mass is 16.4. The number of benzene rings is 1. The van der Waals surface area contributed by atoms with Crippen LogP contribution in [0.25, 0.3) is 0 Å². The van der Waals surface area contributed by atoms with Gasteiger partial charge in [-0.15, -0.1) is 0 Å². The molecular weight excluding hydrogens is 244 g/mol. The Kier molecular flexibility index (Phi) is 4.16. The van der Waals surface area contributed by atoms with Crippen molar-refractivity contribution in [3.05, 3.63) is 29.8 Å². The fourth-order valence-electron chi connectivity index (χ4n) is 2.24. The summed E-state index contributed by atoms with van der Waals surface area (Å²) >= 11 is 0. The second-order valence-electron chi connectivity index (χ2n) is 4.87. The Morgan fingerprint density at radius 1 is 1.37 bits per heavy atom. The molecule has 0 spiro atoms. The van der Waals surface area contributed by atoms with Crippen molar-refractivity contribution in [2.45, 2.75) is 12.8 Å². The van der Waals surface area contributed by atoms with Crippen LogP contribution < -0.4 is 10.2 Å². The van der Waals surface area contributed by atoms with Gasteiger partial charge in [-0.1, -0.05) is 0 Å². The van der Waals surface area contributed by atoms with Crippen molar-refractivity contribution >= 4 is 17.6 Å². The van der Waals surface area contributed by atoms with E-state index in [9.17, 15) is 9.59 Å². The van der Waals surface area contributed by atoms with Crippen molar-refractivity contribution in [1.82, 2.24) is 5.32 Å². The largest absolute Gasteiger partial charge is 0.478 e. The number of carboxylic acid groups (broad SMARTS) is 1. The van der Waals surface area contributed by atoms with Crippen LogP contribution in [0.1, 0.15) is 23.2 Å². The van der Waals surface area contributed by atoms with Crippen LogP contribution in [0.4, 0.5) is 5.69 Å². The number of rotatable bonds is 4. The van der Waals surface area contributed by atoms with E-state index >= 15 is 0 Å². The molecule has 5 nitrogen and oxygen atoms in total. The van der Waals surface area contributed by atoms with E-state index < -0.39 is 5.97 Å². The van der Waals surface area contributed by atoms with Crippen LogP contribution in [-0.2, 0) is 4.79 Å². The van der Waals surface area contributed by atoms with Gasteiger partial charge in [-0.05, 0) is 49.7 Å². The predicted molar refractivity (Wildman–Crippen MR) is 72.4 cm³/mol. The van der Waals surface area contributed by atoms with E-state index in [4.69, 9.17) is 5.11 Å². The maximum atomic E-state index is 12.1. The van der Waals surface area contributed by atoms with Gasteiger partial charge in [0.15, 0.2) is 0 Å². The average Bonchev–Trinajstić information content (AvgIpc) is 2.90. The van der Waals surface area contributed by atoms with Gasteiger partial charge in [0.1, 0.15) is 0 Å². The smallest absolute Gasteiger partial charge is 0.335 e. The summed E-state index contributed by atoms with van der Waals surface area (Å²) in [6.07, 6.45) is 1.57. The molecule has 1 aromatic rings. The van der Waals surface area contributed by atoms with Crippen molar-refractivity contribution in [3.63, 3.8) is 0 Å². The van der Waals surface area contributed by atoms with E-state index in [0.29, 0.717) is 12.3 Å². The van der Waals surface area contributed by atoms with Crippen LogP contribution in [0.5, 0.6) is 0 Å². The van der Waals surface area contributed by atoms with Gasteiger partial charge in [-0.2, -0.15) is 0 Å². The summed E-state index contributed by atoms with van der Waals surface area (Å²) in [5.41, 5.74) is 0.950. The highest BCUT2D eigenvalue weighted by Gasteiger charge is 2.20. The van der Waals surface area contributed by atoms with E-state index in [-0.39, 0.29) is 11.5 Å². The van der Waals surface area contributed by atoms with Gasteiger partial charge >= 0.3 is 5.97 Å². The fourth-order valence-corrected chi connectivity index (χ4v) is 2.24. The van der Waals surface area contributed by atoms with Crippen LogP contribution in [0, 0.1) is 5.92 Å². The molecule has 0 radical (unpaired) electrons. The molecule has 1 aromatic carbocycles. The Balaban J connectivity index is 1.99. The van der Waals surface area contributed by atoms with Gasteiger partial charge in [-0.3, -0.25) is 4.79 Å². The van der Waals surface area contributed by atoms with Gasteiger partial charge in [0.2, 0.25) is 5.91 Å². The van der Waals surface area contributed by atoms with Crippen LogP contribution in [0.3, 0.4) is 0 Å². The molecule has 1 unspecified atom stereocenters. The zero-order chi connectivity index (χ0) is 13.8. The van der Waals surface area contributed by atoms with E-state index in [0.717, 1.165) is 25.2 Å². The summed E-state index contributed by atoms with van der Waals surface area (Å²) in [7, 11) is 1.72. The quantitative estimate of drug-likeness (QED) is 0.859. The number of carbonyl (C=O) groups is 2. The highest BCUT2D eigenvalue weighted by Crippen LogP contribution is 2.18. The summed E-state index contributed by atoms with van der Waals surface area (Å²) in [5.74, 6) is -0.484. The van der Waals surface area contributed by atoms with E-state index in [2.05, 4.69) is 5.32 Å². The lowest BCUT2D eigenvalue weighted by Gasteiger charge is -2.19. The monoisotopic (exact) mass is 262 g/mol. The molecule has 5 heteroatoms. The standard InChI is InChI=1S/C14H18N2O3/c1-16(13(17)8-10-6-7-15-9-10)12-4-2-11(3-5-12)14(18)19/h2-5,10,15H,6-9H2,1H3,(H,18,19). The average molecular weight is 262 g/mol. The number of aromatic carboxylic acids is 1. The number of anilines is 1. The first kappa shape index (κ1) is 13.5. The van der Waals surface area contributed by atoms with E-state index in [1.165, 1.54) is 12.1 Å². The molecule has 0 bridgehead atoms. The third kappa shape index (κ3) is 3.32. The van der Waals surface area contributed by atoms with Crippen molar-refractivity contribution in [2.75, 3.05) is 25.0 Å². The predicted octanol–water partition coefficient (Wildman–Crippen LogP) is 1.35. The number of nitrogens with one attached hydrogen (secondary N) is 1. The summed E-state index contributed by atoms with van der Waals surface area (Å²) in [5, 5.41) is 12.1. The van der Waals surface area contributed by atoms with Crippen molar-refractivity contribution in [2.24, 2.45) is 5.92 Å². The van der Waals surface area contributed by atoms with Crippen molar-refractivity contribution < 1.29 is 14.7 Å².